The van der Waals surface area contributed by atoms with Gasteiger partial charge >= 0.3 is 8.56 Å². The van der Waals surface area contributed by atoms with E-state index in [0.29, 0.717) is 13.2 Å². The molecule has 0 aromatic heterocycles. The van der Waals surface area contributed by atoms with E-state index in [2.05, 4.69) is 40.2 Å². The van der Waals surface area contributed by atoms with Gasteiger partial charge in [0, 0.05) is 17.7 Å². The Bertz CT molecular complexity index is 522. The highest BCUT2D eigenvalue weighted by atomic mass is 79.9. The summed E-state index contributed by atoms with van der Waals surface area (Å²) in [5, 5.41) is 2.28. The van der Waals surface area contributed by atoms with Crippen molar-refractivity contribution in [3.8, 4) is 0 Å². The van der Waals surface area contributed by atoms with Crippen molar-refractivity contribution in [2.24, 2.45) is 0 Å². The van der Waals surface area contributed by atoms with Gasteiger partial charge < -0.3 is 8.85 Å². The largest absolute Gasteiger partial charge is 0.407 e. The fourth-order valence-electron chi connectivity index (χ4n) is 2.28. The summed E-state index contributed by atoms with van der Waals surface area (Å²) in [5.41, 5.74) is 0. The molecule has 0 amide bonds. The Labute approximate surface area is 130 Å². The quantitative estimate of drug-likeness (QED) is 0.745. The zero-order valence-corrected chi connectivity index (χ0v) is 14.4. The molecular weight excluding hydrogens is 332 g/mol. The third kappa shape index (κ3) is 3.20. The van der Waals surface area contributed by atoms with Gasteiger partial charge in [-0.15, -0.1) is 0 Å². The monoisotopic (exact) mass is 350 g/mol. The Morgan fingerprint density at radius 1 is 0.800 bits per heavy atom. The zero-order valence-electron chi connectivity index (χ0n) is 11.8. The fraction of sp³-hybridized carbons (Fsp3) is 0.250. The minimum absolute atomic E-state index is 0.636. The van der Waals surface area contributed by atoms with Gasteiger partial charge in [-0.1, -0.05) is 58.4 Å². The predicted molar refractivity (Wildman–Crippen MR) is 88.9 cm³/mol. The molecule has 2 aromatic rings. The molecule has 106 valence electrons. The Hall–Kier alpha value is -0.943. The first-order chi connectivity index (χ1) is 9.73. The summed E-state index contributed by atoms with van der Waals surface area (Å²) in [6.07, 6.45) is 0. The minimum atomic E-state index is -2.59. The predicted octanol–water partition coefficient (Wildman–Crippen LogP) is 3.08. The highest BCUT2D eigenvalue weighted by Gasteiger charge is 2.42. The molecule has 0 aliphatic heterocycles. The molecule has 0 saturated heterocycles. The van der Waals surface area contributed by atoms with Gasteiger partial charge in [-0.3, -0.25) is 0 Å². The number of benzene rings is 2. The lowest BCUT2D eigenvalue weighted by Gasteiger charge is -2.30. The van der Waals surface area contributed by atoms with Crippen molar-refractivity contribution in [3.05, 3.63) is 59.1 Å². The van der Waals surface area contributed by atoms with Gasteiger partial charge in [0.2, 0.25) is 0 Å². The first kappa shape index (κ1) is 15.4. The Balaban J connectivity index is 2.54. The summed E-state index contributed by atoms with van der Waals surface area (Å²) >= 11 is 3.48. The van der Waals surface area contributed by atoms with E-state index in [4.69, 9.17) is 8.85 Å². The van der Waals surface area contributed by atoms with Crippen molar-refractivity contribution in [2.45, 2.75) is 13.8 Å². The number of halogens is 1. The van der Waals surface area contributed by atoms with Crippen LogP contribution < -0.4 is 10.4 Å². The van der Waals surface area contributed by atoms with Crippen LogP contribution in [-0.4, -0.2) is 21.8 Å². The minimum Gasteiger partial charge on any atom is -0.388 e. The van der Waals surface area contributed by atoms with E-state index in [-0.39, 0.29) is 0 Å². The van der Waals surface area contributed by atoms with E-state index >= 15 is 0 Å². The van der Waals surface area contributed by atoms with E-state index in [1.807, 2.05) is 44.2 Å². The molecule has 0 spiro atoms. The molecule has 0 atom stereocenters. The van der Waals surface area contributed by atoms with Gasteiger partial charge in [0.1, 0.15) is 0 Å². The Morgan fingerprint density at radius 3 is 1.80 bits per heavy atom. The van der Waals surface area contributed by atoms with E-state index in [1.54, 1.807) is 0 Å². The summed E-state index contributed by atoms with van der Waals surface area (Å²) in [4.78, 5) is 0. The molecule has 0 unspecified atom stereocenters. The van der Waals surface area contributed by atoms with E-state index in [0.717, 1.165) is 14.8 Å². The maximum absolute atomic E-state index is 6.18. The van der Waals surface area contributed by atoms with Gasteiger partial charge in [0.15, 0.2) is 0 Å². The van der Waals surface area contributed by atoms with E-state index < -0.39 is 8.56 Å². The lowest BCUT2D eigenvalue weighted by atomic mass is 10.4. The smallest absolute Gasteiger partial charge is 0.388 e. The highest BCUT2D eigenvalue weighted by Crippen LogP contribution is 2.13. The number of hydrogen-bond acceptors (Lipinski definition) is 2. The first-order valence-corrected chi connectivity index (χ1v) is 9.43. The molecule has 20 heavy (non-hydrogen) atoms. The van der Waals surface area contributed by atoms with Crippen molar-refractivity contribution in [2.75, 3.05) is 13.2 Å². The van der Waals surface area contributed by atoms with Crippen molar-refractivity contribution < 1.29 is 8.85 Å². The zero-order chi connectivity index (χ0) is 14.4. The van der Waals surface area contributed by atoms with E-state index in [1.165, 1.54) is 0 Å². The molecule has 0 heterocycles. The van der Waals surface area contributed by atoms with Gasteiger partial charge in [-0.05, 0) is 36.4 Å². The van der Waals surface area contributed by atoms with Crippen LogP contribution in [0.2, 0.25) is 0 Å². The van der Waals surface area contributed by atoms with Crippen LogP contribution in [0.15, 0.2) is 59.1 Å². The molecule has 4 heteroatoms. The van der Waals surface area contributed by atoms with Crippen molar-refractivity contribution >= 4 is 34.9 Å². The van der Waals surface area contributed by atoms with Crippen LogP contribution in [0.25, 0.3) is 0 Å². The van der Waals surface area contributed by atoms with Crippen LogP contribution in [0.3, 0.4) is 0 Å². The SMILES string of the molecule is CCO[Si](OCC)(c1ccccc1)c1ccc(Br)cc1. The number of rotatable bonds is 6. The normalized spacial score (nSPS) is 11.6. The number of hydrogen-bond donors (Lipinski definition) is 0. The molecule has 0 radical (unpaired) electrons. The summed E-state index contributed by atoms with van der Waals surface area (Å²) < 4.78 is 13.4. The molecule has 0 N–H and O–H groups in total. The van der Waals surface area contributed by atoms with Gasteiger partial charge in [0.05, 0.1) is 0 Å². The third-order valence-electron chi connectivity index (χ3n) is 3.07. The van der Waals surface area contributed by atoms with E-state index in [9.17, 15) is 0 Å². The molecule has 2 rings (SSSR count). The Morgan fingerprint density at radius 2 is 1.30 bits per heavy atom. The van der Waals surface area contributed by atoms with Gasteiger partial charge in [-0.25, -0.2) is 0 Å². The average Bonchev–Trinajstić information content (AvgIpc) is 2.48. The second-order valence-electron chi connectivity index (χ2n) is 4.36. The average molecular weight is 351 g/mol. The third-order valence-corrected chi connectivity index (χ3v) is 7.18. The summed E-state index contributed by atoms with van der Waals surface area (Å²) in [6.45, 7) is 5.31. The van der Waals surface area contributed by atoms with Crippen molar-refractivity contribution in [1.29, 1.82) is 0 Å². The molecule has 0 aliphatic rings. The highest BCUT2D eigenvalue weighted by molar-refractivity contribution is 9.10. The van der Waals surface area contributed by atoms with Crippen LogP contribution in [-0.2, 0) is 8.85 Å². The lowest BCUT2D eigenvalue weighted by molar-refractivity contribution is 0.208. The van der Waals surface area contributed by atoms with Crippen molar-refractivity contribution in [3.63, 3.8) is 0 Å². The van der Waals surface area contributed by atoms with Crippen LogP contribution >= 0.6 is 15.9 Å². The van der Waals surface area contributed by atoms with Gasteiger partial charge in [-0.2, -0.15) is 0 Å². The molecule has 2 aromatic carbocycles. The summed E-state index contributed by atoms with van der Waals surface area (Å²) in [6, 6.07) is 18.5. The maximum atomic E-state index is 6.18. The van der Waals surface area contributed by atoms with Gasteiger partial charge in [0.25, 0.3) is 0 Å². The first-order valence-electron chi connectivity index (χ1n) is 6.82. The second kappa shape index (κ2) is 7.18. The molecule has 0 bridgehead atoms. The second-order valence-corrected chi connectivity index (χ2v) is 8.24. The molecule has 0 fully saturated rings. The standard InChI is InChI=1S/C16H19BrO2Si/c1-3-18-20(19-4-2,15-8-6-5-7-9-15)16-12-10-14(17)11-13-16/h5-13H,3-4H2,1-2H3. The van der Waals surface area contributed by atoms with Crippen molar-refractivity contribution in [1.82, 2.24) is 0 Å². The fourth-order valence-corrected chi connectivity index (χ4v) is 5.67. The molecule has 2 nitrogen and oxygen atoms in total. The van der Waals surface area contributed by atoms with Crippen LogP contribution in [0.4, 0.5) is 0 Å². The summed E-state index contributed by atoms with van der Waals surface area (Å²) in [7, 11) is -2.59. The molecule has 0 aliphatic carbocycles. The van der Waals surface area contributed by atoms with Crippen LogP contribution in [0.1, 0.15) is 13.8 Å². The summed E-state index contributed by atoms with van der Waals surface area (Å²) in [5.74, 6) is 0. The lowest BCUT2D eigenvalue weighted by Crippen LogP contribution is -2.63. The molecule has 0 saturated carbocycles. The topological polar surface area (TPSA) is 18.5 Å². The van der Waals surface area contributed by atoms with Crippen LogP contribution in [0.5, 0.6) is 0 Å². The van der Waals surface area contributed by atoms with Crippen LogP contribution in [0, 0.1) is 0 Å². The maximum Gasteiger partial charge on any atom is 0.407 e. The Kier molecular flexibility index (Phi) is 5.54. The molecular formula is C16H19BrO2Si.